The topological polar surface area (TPSA) is 43.1 Å². The summed E-state index contributed by atoms with van der Waals surface area (Å²) in [6.07, 6.45) is 1.87. The summed E-state index contributed by atoms with van der Waals surface area (Å²) >= 11 is 3.48. The summed E-state index contributed by atoms with van der Waals surface area (Å²) in [4.78, 5) is 11.7. The predicted molar refractivity (Wildman–Crippen MR) is 59.1 cm³/mol. The fourth-order valence-corrected chi connectivity index (χ4v) is 2.53. The molecule has 0 aliphatic heterocycles. The maximum atomic E-state index is 11.7. The van der Waals surface area contributed by atoms with Crippen LogP contribution in [0.3, 0.4) is 0 Å². The molecule has 2 N–H and O–H groups in total. The molecule has 0 saturated heterocycles. The minimum atomic E-state index is -0.269. The normalized spacial score (nSPS) is 17.9. The van der Waals surface area contributed by atoms with Crippen molar-refractivity contribution >= 4 is 21.7 Å². The monoisotopic (exact) mass is 253 g/mol. The van der Waals surface area contributed by atoms with Crippen LogP contribution in [0.15, 0.2) is 28.7 Å². The molecule has 0 aromatic heterocycles. The van der Waals surface area contributed by atoms with E-state index < -0.39 is 0 Å². The Morgan fingerprint density at radius 3 is 2.57 bits per heavy atom. The molecule has 3 heteroatoms. The summed E-state index contributed by atoms with van der Waals surface area (Å²) < 4.78 is 1.01. The average molecular weight is 254 g/mol. The fraction of sp³-hybridized carbons (Fsp3) is 0.364. The molecule has 1 aromatic carbocycles. The lowest BCUT2D eigenvalue weighted by Crippen LogP contribution is -2.28. The van der Waals surface area contributed by atoms with E-state index in [0.717, 1.165) is 22.9 Å². The number of carbonyl (C=O) groups excluding carboxylic acids is 1. The van der Waals surface area contributed by atoms with Gasteiger partial charge in [0.15, 0.2) is 5.78 Å². The number of rotatable bonds is 3. The molecule has 2 rings (SSSR count). The molecule has 1 saturated carbocycles. The summed E-state index contributed by atoms with van der Waals surface area (Å²) in [5, 5.41) is 0. The van der Waals surface area contributed by atoms with Crippen LogP contribution < -0.4 is 5.73 Å². The van der Waals surface area contributed by atoms with Crippen LogP contribution in [0.5, 0.6) is 0 Å². The standard InChI is InChI=1S/C11H12BrNO/c12-9-4-2-1-3-8(9)11(5-6-11)10(14)7-13/h1-4H,5-7,13H2. The molecule has 2 nitrogen and oxygen atoms in total. The van der Waals surface area contributed by atoms with Gasteiger partial charge in [-0.15, -0.1) is 0 Å². The van der Waals surface area contributed by atoms with Crippen molar-refractivity contribution in [2.24, 2.45) is 5.73 Å². The Balaban J connectivity index is 2.40. The molecular weight excluding hydrogens is 242 g/mol. The fourth-order valence-electron chi connectivity index (χ4n) is 1.87. The largest absolute Gasteiger partial charge is 0.324 e. The van der Waals surface area contributed by atoms with E-state index in [1.54, 1.807) is 0 Å². The third kappa shape index (κ3) is 1.41. The number of ketones is 1. The maximum absolute atomic E-state index is 11.7. The first-order chi connectivity index (χ1) is 6.70. The van der Waals surface area contributed by atoms with Crippen LogP contribution in [-0.2, 0) is 10.2 Å². The Labute approximate surface area is 91.6 Å². The zero-order chi connectivity index (χ0) is 10.2. The minimum Gasteiger partial charge on any atom is -0.324 e. The Bertz CT molecular complexity index is 371. The zero-order valence-corrected chi connectivity index (χ0v) is 9.38. The van der Waals surface area contributed by atoms with Gasteiger partial charge in [-0.2, -0.15) is 0 Å². The van der Waals surface area contributed by atoms with Crippen molar-refractivity contribution < 1.29 is 4.79 Å². The number of hydrogen-bond acceptors (Lipinski definition) is 2. The summed E-state index contributed by atoms with van der Waals surface area (Å²) in [6, 6.07) is 7.89. The maximum Gasteiger partial charge on any atom is 0.156 e. The molecular formula is C11H12BrNO. The predicted octanol–water partition coefficient (Wildman–Crippen LogP) is 2.01. The molecule has 0 spiro atoms. The minimum absolute atomic E-state index is 0.140. The van der Waals surface area contributed by atoms with Gasteiger partial charge in [0.05, 0.1) is 12.0 Å². The molecule has 1 aromatic rings. The first kappa shape index (κ1) is 9.87. The lowest BCUT2D eigenvalue weighted by molar-refractivity contribution is -0.120. The van der Waals surface area contributed by atoms with Gasteiger partial charge in [0.25, 0.3) is 0 Å². The second-order valence-electron chi connectivity index (χ2n) is 3.69. The lowest BCUT2D eigenvalue weighted by Gasteiger charge is -2.14. The van der Waals surface area contributed by atoms with E-state index in [1.807, 2.05) is 24.3 Å². The Hall–Kier alpha value is -0.670. The highest BCUT2D eigenvalue weighted by Crippen LogP contribution is 2.50. The van der Waals surface area contributed by atoms with Gasteiger partial charge in [-0.1, -0.05) is 34.1 Å². The van der Waals surface area contributed by atoms with Crippen LogP contribution >= 0.6 is 15.9 Å². The zero-order valence-electron chi connectivity index (χ0n) is 7.79. The van der Waals surface area contributed by atoms with Crippen molar-refractivity contribution in [3.63, 3.8) is 0 Å². The van der Waals surface area contributed by atoms with Gasteiger partial charge >= 0.3 is 0 Å². The molecule has 0 unspecified atom stereocenters. The molecule has 1 aliphatic rings. The molecule has 0 amide bonds. The van der Waals surface area contributed by atoms with Gasteiger partial charge in [-0.3, -0.25) is 4.79 Å². The molecule has 0 bridgehead atoms. The highest BCUT2D eigenvalue weighted by molar-refractivity contribution is 9.10. The van der Waals surface area contributed by atoms with E-state index in [4.69, 9.17) is 5.73 Å². The van der Waals surface area contributed by atoms with Crippen molar-refractivity contribution in [2.45, 2.75) is 18.3 Å². The van der Waals surface area contributed by atoms with Gasteiger partial charge < -0.3 is 5.73 Å². The highest BCUT2D eigenvalue weighted by atomic mass is 79.9. The summed E-state index contributed by atoms with van der Waals surface area (Å²) in [7, 11) is 0. The summed E-state index contributed by atoms with van der Waals surface area (Å²) in [5.74, 6) is 0.157. The van der Waals surface area contributed by atoms with Crippen molar-refractivity contribution in [3.05, 3.63) is 34.3 Å². The quantitative estimate of drug-likeness (QED) is 0.896. The summed E-state index contributed by atoms with van der Waals surface area (Å²) in [6.45, 7) is 0.140. The van der Waals surface area contributed by atoms with E-state index in [2.05, 4.69) is 15.9 Å². The third-order valence-corrected chi connectivity index (χ3v) is 3.55. The van der Waals surface area contributed by atoms with Crippen molar-refractivity contribution in [2.75, 3.05) is 6.54 Å². The van der Waals surface area contributed by atoms with Crippen LogP contribution in [0.2, 0.25) is 0 Å². The third-order valence-electron chi connectivity index (χ3n) is 2.86. The number of nitrogens with two attached hydrogens (primary N) is 1. The van der Waals surface area contributed by atoms with E-state index in [9.17, 15) is 4.79 Å². The van der Waals surface area contributed by atoms with Gasteiger partial charge in [-0.05, 0) is 24.5 Å². The van der Waals surface area contributed by atoms with Gasteiger partial charge in [-0.25, -0.2) is 0 Å². The van der Waals surface area contributed by atoms with Gasteiger partial charge in [0.1, 0.15) is 0 Å². The van der Waals surface area contributed by atoms with E-state index in [1.165, 1.54) is 0 Å². The molecule has 74 valence electrons. The van der Waals surface area contributed by atoms with Crippen molar-refractivity contribution in [3.8, 4) is 0 Å². The van der Waals surface area contributed by atoms with E-state index >= 15 is 0 Å². The number of Topliss-reactive ketones (excluding diaryl/α,β-unsaturated/α-hetero) is 1. The van der Waals surface area contributed by atoms with Crippen molar-refractivity contribution in [1.29, 1.82) is 0 Å². The smallest absolute Gasteiger partial charge is 0.156 e. The molecule has 1 fully saturated rings. The van der Waals surface area contributed by atoms with Crippen LogP contribution in [0.1, 0.15) is 18.4 Å². The van der Waals surface area contributed by atoms with Crippen LogP contribution in [-0.4, -0.2) is 12.3 Å². The van der Waals surface area contributed by atoms with Gasteiger partial charge in [0, 0.05) is 4.47 Å². The molecule has 1 aliphatic carbocycles. The Morgan fingerprint density at radius 2 is 2.07 bits per heavy atom. The lowest BCUT2D eigenvalue weighted by atomic mass is 9.91. The molecule has 0 atom stereocenters. The highest BCUT2D eigenvalue weighted by Gasteiger charge is 2.50. The molecule has 0 heterocycles. The Morgan fingerprint density at radius 1 is 1.43 bits per heavy atom. The second-order valence-corrected chi connectivity index (χ2v) is 4.54. The van der Waals surface area contributed by atoms with Crippen molar-refractivity contribution in [1.82, 2.24) is 0 Å². The van der Waals surface area contributed by atoms with Crippen LogP contribution in [0, 0.1) is 0 Å². The Kier molecular flexibility index (Phi) is 2.45. The van der Waals surface area contributed by atoms with Crippen LogP contribution in [0.4, 0.5) is 0 Å². The second kappa shape index (κ2) is 3.48. The molecule has 14 heavy (non-hydrogen) atoms. The number of carbonyl (C=O) groups is 1. The molecule has 0 radical (unpaired) electrons. The van der Waals surface area contributed by atoms with Crippen LogP contribution in [0.25, 0.3) is 0 Å². The van der Waals surface area contributed by atoms with E-state index in [0.29, 0.717) is 0 Å². The first-order valence-electron chi connectivity index (χ1n) is 4.69. The SMILES string of the molecule is NCC(=O)C1(c2ccccc2Br)CC1. The number of benzene rings is 1. The summed E-state index contributed by atoms with van der Waals surface area (Å²) in [5.41, 5.74) is 6.24. The number of hydrogen-bond donors (Lipinski definition) is 1. The van der Waals surface area contributed by atoms with Gasteiger partial charge in [0.2, 0.25) is 0 Å². The van der Waals surface area contributed by atoms with E-state index in [-0.39, 0.29) is 17.7 Å². The average Bonchev–Trinajstić information content (AvgIpc) is 2.98. The number of halogens is 1. The first-order valence-corrected chi connectivity index (χ1v) is 5.48.